The monoisotopic (exact) mass is 264 g/mol. The Labute approximate surface area is 109 Å². The highest BCUT2D eigenvalue weighted by molar-refractivity contribution is 7.80. The predicted molar refractivity (Wildman–Crippen MR) is 75.0 cm³/mol. The van der Waals surface area contributed by atoms with E-state index in [-0.39, 0.29) is 0 Å². The first-order valence-electron chi connectivity index (χ1n) is 5.03. The van der Waals surface area contributed by atoms with E-state index in [1.165, 1.54) is 11.3 Å². The van der Waals surface area contributed by atoms with Gasteiger partial charge in [0.15, 0.2) is 5.13 Å². The molecule has 0 aromatic carbocycles. The average Bonchev–Trinajstić information content (AvgIpc) is 2.63. The number of hydrogen-bond donors (Lipinski definition) is 2. The van der Waals surface area contributed by atoms with E-state index in [1.54, 1.807) is 0 Å². The molecule has 2 aromatic heterocycles. The molecular weight excluding hydrogens is 252 g/mol. The normalized spacial score (nSPS) is 10.2. The lowest BCUT2D eigenvalue weighted by Crippen LogP contribution is -2.13. The molecule has 0 amide bonds. The number of anilines is 2. The minimum Gasteiger partial charge on any atom is -0.389 e. The molecule has 0 unspecified atom stereocenters. The number of aryl methyl sites for hydroxylation is 2. The molecule has 0 bridgehead atoms. The Morgan fingerprint density at radius 2 is 2.06 bits per heavy atom. The molecule has 0 atom stereocenters. The Hall–Kier alpha value is -1.53. The summed E-state index contributed by atoms with van der Waals surface area (Å²) < 4.78 is 0. The van der Waals surface area contributed by atoms with E-state index < -0.39 is 0 Å². The molecule has 0 saturated carbocycles. The third-order valence-corrected chi connectivity index (χ3v) is 3.24. The summed E-state index contributed by atoms with van der Waals surface area (Å²) >= 11 is 6.52. The molecule has 0 aliphatic heterocycles. The molecule has 2 heterocycles. The van der Waals surface area contributed by atoms with Crippen LogP contribution in [0.1, 0.15) is 17.0 Å². The number of thiocarbonyl (C=S) groups is 1. The standard InChI is InChI=1S/C11H12N4S2/c1-6-3-4-8(9(12)16)10(13-6)15-11-14-7(2)5-17-11/h3-5H,1-2H3,(H2,12,16)(H,13,14,15). The van der Waals surface area contributed by atoms with Crippen molar-refractivity contribution in [3.8, 4) is 0 Å². The van der Waals surface area contributed by atoms with Gasteiger partial charge >= 0.3 is 0 Å². The Morgan fingerprint density at radius 1 is 1.29 bits per heavy atom. The highest BCUT2D eigenvalue weighted by atomic mass is 32.1. The summed E-state index contributed by atoms with van der Waals surface area (Å²) in [5.41, 5.74) is 8.27. The topological polar surface area (TPSA) is 63.8 Å². The lowest BCUT2D eigenvalue weighted by molar-refractivity contribution is 1.18. The van der Waals surface area contributed by atoms with Gasteiger partial charge in [-0.15, -0.1) is 11.3 Å². The van der Waals surface area contributed by atoms with Crippen LogP contribution >= 0.6 is 23.6 Å². The summed E-state index contributed by atoms with van der Waals surface area (Å²) in [5, 5.41) is 5.91. The van der Waals surface area contributed by atoms with Crippen LogP contribution < -0.4 is 11.1 Å². The maximum Gasteiger partial charge on any atom is 0.188 e. The van der Waals surface area contributed by atoms with Gasteiger partial charge in [0.05, 0.1) is 11.3 Å². The van der Waals surface area contributed by atoms with Crippen LogP contribution in [-0.2, 0) is 0 Å². The minimum absolute atomic E-state index is 0.327. The van der Waals surface area contributed by atoms with Crippen LogP contribution in [0.25, 0.3) is 0 Å². The first-order chi connectivity index (χ1) is 8.06. The van der Waals surface area contributed by atoms with Gasteiger partial charge in [0.1, 0.15) is 10.8 Å². The van der Waals surface area contributed by atoms with Crippen LogP contribution in [0.2, 0.25) is 0 Å². The van der Waals surface area contributed by atoms with Crippen molar-refractivity contribution in [1.82, 2.24) is 9.97 Å². The van der Waals surface area contributed by atoms with E-state index in [4.69, 9.17) is 18.0 Å². The van der Waals surface area contributed by atoms with Crippen molar-refractivity contribution < 1.29 is 0 Å². The zero-order valence-electron chi connectivity index (χ0n) is 9.52. The fourth-order valence-corrected chi connectivity index (χ4v) is 2.22. The molecule has 0 saturated heterocycles. The second-order valence-corrected chi connectivity index (χ2v) is 4.93. The first kappa shape index (κ1) is 11.9. The number of nitrogens with one attached hydrogen (secondary N) is 1. The summed E-state index contributed by atoms with van der Waals surface area (Å²) in [6, 6.07) is 3.75. The van der Waals surface area contributed by atoms with Crippen LogP contribution in [0.4, 0.5) is 10.9 Å². The molecule has 2 aromatic rings. The Kier molecular flexibility index (Phi) is 3.35. The maximum absolute atomic E-state index is 5.66. The van der Waals surface area contributed by atoms with Gasteiger partial charge in [-0.3, -0.25) is 0 Å². The molecule has 0 spiro atoms. The van der Waals surface area contributed by atoms with Crippen molar-refractivity contribution in [3.05, 3.63) is 34.5 Å². The van der Waals surface area contributed by atoms with E-state index >= 15 is 0 Å². The van der Waals surface area contributed by atoms with Crippen LogP contribution in [-0.4, -0.2) is 15.0 Å². The van der Waals surface area contributed by atoms with Gasteiger partial charge < -0.3 is 11.1 Å². The summed E-state index contributed by atoms with van der Waals surface area (Å²) in [4.78, 5) is 9.03. The quantitative estimate of drug-likeness (QED) is 0.834. The third-order valence-electron chi connectivity index (χ3n) is 2.14. The molecule has 0 fully saturated rings. The van der Waals surface area contributed by atoms with Crippen molar-refractivity contribution in [2.45, 2.75) is 13.8 Å². The van der Waals surface area contributed by atoms with Gasteiger partial charge in [-0.2, -0.15) is 0 Å². The number of nitrogens with two attached hydrogens (primary N) is 1. The molecular formula is C11H12N4S2. The molecule has 4 nitrogen and oxygen atoms in total. The summed E-state index contributed by atoms with van der Waals surface area (Å²) in [7, 11) is 0. The van der Waals surface area contributed by atoms with Crippen LogP contribution in [0.15, 0.2) is 17.5 Å². The van der Waals surface area contributed by atoms with Crippen LogP contribution in [0, 0.1) is 13.8 Å². The minimum atomic E-state index is 0.327. The fourth-order valence-electron chi connectivity index (χ4n) is 1.36. The highest BCUT2D eigenvalue weighted by Gasteiger charge is 2.09. The zero-order valence-corrected chi connectivity index (χ0v) is 11.2. The van der Waals surface area contributed by atoms with Crippen molar-refractivity contribution in [2.24, 2.45) is 5.73 Å². The largest absolute Gasteiger partial charge is 0.389 e. The zero-order chi connectivity index (χ0) is 12.4. The number of pyridine rings is 1. The second-order valence-electron chi connectivity index (χ2n) is 3.63. The predicted octanol–water partition coefficient (Wildman–Crippen LogP) is 2.53. The van der Waals surface area contributed by atoms with Crippen molar-refractivity contribution >= 4 is 39.5 Å². The average molecular weight is 264 g/mol. The maximum atomic E-state index is 5.66. The molecule has 0 radical (unpaired) electrons. The fraction of sp³-hybridized carbons (Fsp3) is 0.182. The summed E-state index contributed by atoms with van der Waals surface area (Å²) in [6.07, 6.45) is 0. The lowest BCUT2D eigenvalue weighted by Gasteiger charge is -2.08. The Bertz CT molecular complexity index is 562. The van der Waals surface area contributed by atoms with E-state index in [0.29, 0.717) is 10.8 Å². The van der Waals surface area contributed by atoms with Gasteiger partial charge in [0, 0.05) is 11.1 Å². The summed E-state index contributed by atoms with van der Waals surface area (Å²) in [6.45, 7) is 3.86. The van der Waals surface area contributed by atoms with Crippen LogP contribution in [0.5, 0.6) is 0 Å². The van der Waals surface area contributed by atoms with Gasteiger partial charge in [-0.05, 0) is 26.0 Å². The van der Waals surface area contributed by atoms with E-state index in [1.807, 2.05) is 31.4 Å². The van der Waals surface area contributed by atoms with Crippen molar-refractivity contribution in [2.75, 3.05) is 5.32 Å². The number of hydrogen-bond acceptors (Lipinski definition) is 5. The second kappa shape index (κ2) is 4.77. The molecule has 88 valence electrons. The van der Waals surface area contributed by atoms with E-state index in [9.17, 15) is 0 Å². The van der Waals surface area contributed by atoms with Crippen LogP contribution in [0.3, 0.4) is 0 Å². The number of thiazole rings is 1. The number of nitrogens with zero attached hydrogens (tertiary/aromatic N) is 2. The van der Waals surface area contributed by atoms with E-state index in [2.05, 4.69) is 15.3 Å². The Balaban J connectivity index is 2.37. The van der Waals surface area contributed by atoms with Gasteiger partial charge in [0.25, 0.3) is 0 Å². The van der Waals surface area contributed by atoms with Gasteiger partial charge in [-0.1, -0.05) is 12.2 Å². The van der Waals surface area contributed by atoms with Gasteiger partial charge in [-0.25, -0.2) is 9.97 Å². The number of rotatable bonds is 3. The SMILES string of the molecule is Cc1csc(Nc2nc(C)ccc2C(N)=S)n1. The smallest absolute Gasteiger partial charge is 0.188 e. The molecule has 0 aliphatic carbocycles. The molecule has 2 rings (SSSR count). The molecule has 6 heteroatoms. The van der Waals surface area contributed by atoms with Crippen molar-refractivity contribution in [1.29, 1.82) is 0 Å². The summed E-state index contributed by atoms with van der Waals surface area (Å²) in [5.74, 6) is 0.659. The first-order valence-corrected chi connectivity index (χ1v) is 6.31. The molecule has 0 aliphatic rings. The number of aromatic nitrogens is 2. The lowest BCUT2D eigenvalue weighted by atomic mass is 10.2. The van der Waals surface area contributed by atoms with E-state index in [0.717, 1.165) is 22.1 Å². The van der Waals surface area contributed by atoms with Gasteiger partial charge in [0.2, 0.25) is 0 Å². The Morgan fingerprint density at radius 3 is 2.65 bits per heavy atom. The molecule has 3 N–H and O–H groups in total. The van der Waals surface area contributed by atoms with Crippen molar-refractivity contribution in [3.63, 3.8) is 0 Å². The third kappa shape index (κ3) is 2.78. The molecule has 17 heavy (non-hydrogen) atoms. The highest BCUT2D eigenvalue weighted by Crippen LogP contribution is 2.22.